The van der Waals surface area contributed by atoms with Gasteiger partial charge in [-0.15, -0.1) is 0 Å². The highest BCUT2D eigenvalue weighted by Gasteiger charge is 2.58. The zero-order valence-corrected chi connectivity index (χ0v) is 13.2. The summed E-state index contributed by atoms with van der Waals surface area (Å²) in [6.07, 6.45) is 11.4. The van der Waals surface area contributed by atoms with Crippen LogP contribution in [0.5, 0.6) is 0 Å². The molecule has 3 saturated carbocycles. The third-order valence-electron chi connectivity index (χ3n) is 7.75. The molecule has 4 aliphatic rings. The molecular formula is C19H26O2. The summed E-state index contributed by atoms with van der Waals surface area (Å²) in [5.41, 5.74) is 0.229. The summed E-state index contributed by atoms with van der Waals surface area (Å²) in [5.74, 6) is 3.29. The number of ketones is 2. The predicted octanol–water partition coefficient (Wildman–Crippen LogP) is 3.94. The number of Topliss-reactive ketones (excluding diaryl/α,β-unsaturated/α-hetero) is 1. The highest BCUT2D eigenvalue weighted by molar-refractivity contribution is 5.97. The molecule has 0 amide bonds. The van der Waals surface area contributed by atoms with Crippen LogP contribution < -0.4 is 0 Å². The number of allylic oxidation sites excluding steroid dienone is 2. The highest BCUT2D eigenvalue weighted by Crippen LogP contribution is 2.63. The molecule has 0 saturated heterocycles. The van der Waals surface area contributed by atoms with Gasteiger partial charge in [-0.05, 0) is 67.3 Å². The van der Waals surface area contributed by atoms with Gasteiger partial charge in [-0.1, -0.05) is 19.9 Å². The summed E-state index contributed by atoms with van der Waals surface area (Å²) in [7, 11) is 0. The van der Waals surface area contributed by atoms with E-state index in [1.54, 1.807) is 0 Å². The van der Waals surface area contributed by atoms with Crippen molar-refractivity contribution in [3.8, 4) is 0 Å². The van der Waals surface area contributed by atoms with Gasteiger partial charge in [0.25, 0.3) is 0 Å². The second-order valence-electron chi connectivity index (χ2n) is 8.50. The molecule has 0 bridgehead atoms. The highest BCUT2D eigenvalue weighted by atomic mass is 16.1. The summed E-state index contributed by atoms with van der Waals surface area (Å²) < 4.78 is 0. The molecule has 0 aromatic rings. The molecule has 0 aromatic carbocycles. The molecule has 0 aromatic heterocycles. The fraction of sp³-hybridized carbons (Fsp3) is 0.789. The van der Waals surface area contributed by atoms with Crippen molar-refractivity contribution in [2.24, 2.45) is 34.5 Å². The summed E-state index contributed by atoms with van der Waals surface area (Å²) in [6, 6.07) is 0. The first kappa shape index (κ1) is 13.7. The van der Waals surface area contributed by atoms with Crippen LogP contribution >= 0.6 is 0 Å². The Hall–Kier alpha value is -0.920. The van der Waals surface area contributed by atoms with E-state index in [2.05, 4.69) is 19.9 Å². The maximum absolute atomic E-state index is 12.3. The summed E-state index contributed by atoms with van der Waals surface area (Å²) >= 11 is 0. The van der Waals surface area contributed by atoms with Crippen LogP contribution in [0.3, 0.4) is 0 Å². The summed E-state index contributed by atoms with van der Waals surface area (Å²) in [5, 5.41) is 0. The van der Waals surface area contributed by atoms with Crippen LogP contribution in [0.2, 0.25) is 0 Å². The molecule has 0 N–H and O–H groups in total. The molecule has 2 nitrogen and oxygen atoms in total. The average Bonchev–Trinajstić information content (AvgIpc) is 2.76. The molecule has 0 radical (unpaired) electrons. The molecule has 4 aliphatic carbocycles. The van der Waals surface area contributed by atoms with Crippen molar-refractivity contribution >= 4 is 11.6 Å². The van der Waals surface area contributed by atoms with Crippen molar-refractivity contribution in [1.82, 2.24) is 0 Å². The van der Waals surface area contributed by atoms with Crippen molar-refractivity contribution < 1.29 is 9.59 Å². The van der Waals surface area contributed by atoms with Crippen LogP contribution in [0.1, 0.15) is 58.8 Å². The topological polar surface area (TPSA) is 34.1 Å². The Morgan fingerprint density at radius 1 is 1.10 bits per heavy atom. The lowest BCUT2D eigenvalue weighted by Gasteiger charge is -2.59. The number of carbonyl (C=O) groups excluding carboxylic acids is 2. The molecule has 2 heteroatoms. The third kappa shape index (κ3) is 1.71. The zero-order chi connectivity index (χ0) is 14.8. The van der Waals surface area contributed by atoms with Gasteiger partial charge in [0.2, 0.25) is 0 Å². The Balaban J connectivity index is 1.67. The molecule has 21 heavy (non-hydrogen) atoms. The van der Waals surface area contributed by atoms with Gasteiger partial charge in [0.1, 0.15) is 5.78 Å². The number of hydrogen-bond acceptors (Lipinski definition) is 2. The van der Waals surface area contributed by atoms with Gasteiger partial charge in [-0.3, -0.25) is 9.59 Å². The normalized spacial score (nSPS) is 52.3. The van der Waals surface area contributed by atoms with Gasteiger partial charge in [0.05, 0.1) is 0 Å². The van der Waals surface area contributed by atoms with E-state index in [4.69, 9.17) is 0 Å². The average molecular weight is 286 g/mol. The van der Waals surface area contributed by atoms with E-state index in [0.29, 0.717) is 34.7 Å². The molecule has 114 valence electrons. The van der Waals surface area contributed by atoms with E-state index >= 15 is 0 Å². The van der Waals surface area contributed by atoms with Crippen LogP contribution in [-0.2, 0) is 9.59 Å². The van der Waals surface area contributed by atoms with Crippen molar-refractivity contribution in [3.05, 3.63) is 12.2 Å². The molecule has 3 fully saturated rings. The molecule has 0 heterocycles. The standard InChI is InChI=1S/C19H26O2/c1-18-9-7-13(20)11-12(18)3-4-14-15-5-6-17(21)19(15,2)10-8-16(14)18/h5-6,12,14-16H,3-4,7-11H2,1-2H3/t12-,14-,15-,16-,18-,19-/m0/s1. The van der Waals surface area contributed by atoms with Gasteiger partial charge >= 0.3 is 0 Å². The fourth-order valence-corrected chi connectivity index (χ4v) is 6.32. The predicted molar refractivity (Wildman–Crippen MR) is 81.6 cm³/mol. The van der Waals surface area contributed by atoms with Crippen molar-refractivity contribution in [2.45, 2.75) is 58.8 Å². The monoisotopic (exact) mass is 286 g/mol. The first-order valence-corrected chi connectivity index (χ1v) is 8.69. The smallest absolute Gasteiger partial charge is 0.161 e. The largest absolute Gasteiger partial charge is 0.300 e. The third-order valence-corrected chi connectivity index (χ3v) is 7.75. The van der Waals surface area contributed by atoms with E-state index in [-0.39, 0.29) is 5.41 Å². The molecule has 0 spiro atoms. The van der Waals surface area contributed by atoms with Crippen LogP contribution in [0.25, 0.3) is 0 Å². The fourth-order valence-electron chi connectivity index (χ4n) is 6.32. The van der Waals surface area contributed by atoms with E-state index in [9.17, 15) is 9.59 Å². The minimum Gasteiger partial charge on any atom is -0.300 e. The minimum absolute atomic E-state index is 0.116. The Morgan fingerprint density at radius 3 is 2.71 bits per heavy atom. The molecule has 0 unspecified atom stereocenters. The number of fused-ring (bicyclic) bond motifs is 5. The van der Waals surface area contributed by atoms with Crippen molar-refractivity contribution in [3.63, 3.8) is 0 Å². The van der Waals surface area contributed by atoms with Crippen LogP contribution in [0, 0.1) is 34.5 Å². The summed E-state index contributed by atoms with van der Waals surface area (Å²) in [6.45, 7) is 4.64. The number of rotatable bonds is 0. The second kappa shape index (κ2) is 4.30. The SMILES string of the molecule is C[C@]12CCC(=O)C[C@@H]1CC[C@@H]1[C@@H]2CC[C@]2(C)C(=O)C=C[C@@H]12. The Kier molecular flexibility index (Phi) is 2.81. The van der Waals surface area contributed by atoms with E-state index in [1.807, 2.05) is 6.08 Å². The van der Waals surface area contributed by atoms with Crippen molar-refractivity contribution in [1.29, 1.82) is 0 Å². The lowest BCUT2D eigenvalue weighted by molar-refractivity contribution is -0.142. The number of hydrogen-bond donors (Lipinski definition) is 0. The maximum Gasteiger partial charge on any atom is 0.161 e. The van der Waals surface area contributed by atoms with Crippen LogP contribution in [-0.4, -0.2) is 11.6 Å². The van der Waals surface area contributed by atoms with Gasteiger partial charge in [0.15, 0.2) is 5.78 Å². The lowest BCUT2D eigenvalue weighted by atomic mass is 9.45. The molecule has 4 rings (SSSR count). The van der Waals surface area contributed by atoms with E-state index < -0.39 is 0 Å². The van der Waals surface area contributed by atoms with Gasteiger partial charge in [-0.2, -0.15) is 0 Å². The minimum atomic E-state index is -0.116. The number of carbonyl (C=O) groups is 2. The first-order chi connectivity index (χ1) is 9.95. The quantitative estimate of drug-likeness (QED) is 0.676. The Morgan fingerprint density at radius 2 is 1.90 bits per heavy atom. The Bertz CT molecular complexity index is 534. The van der Waals surface area contributed by atoms with E-state index in [1.165, 1.54) is 19.3 Å². The lowest BCUT2D eigenvalue weighted by Crippen LogP contribution is -2.53. The first-order valence-electron chi connectivity index (χ1n) is 8.69. The second-order valence-corrected chi connectivity index (χ2v) is 8.50. The van der Waals surface area contributed by atoms with Gasteiger partial charge < -0.3 is 0 Å². The van der Waals surface area contributed by atoms with Crippen molar-refractivity contribution in [2.75, 3.05) is 0 Å². The summed E-state index contributed by atoms with van der Waals surface area (Å²) in [4.78, 5) is 24.1. The zero-order valence-electron chi connectivity index (χ0n) is 13.2. The van der Waals surface area contributed by atoms with Crippen LogP contribution in [0.15, 0.2) is 12.2 Å². The molecular weight excluding hydrogens is 260 g/mol. The van der Waals surface area contributed by atoms with Gasteiger partial charge in [-0.25, -0.2) is 0 Å². The molecule has 0 aliphatic heterocycles. The Labute approximate surface area is 127 Å². The molecule has 6 atom stereocenters. The van der Waals surface area contributed by atoms with Gasteiger partial charge in [0, 0.05) is 18.3 Å². The van der Waals surface area contributed by atoms with Crippen LogP contribution in [0.4, 0.5) is 0 Å². The van der Waals surface area contributed by atoms with E-state index in [0.717, 1.165) is 31.6 Å². The maximum atomic E-state index is 12.3.